The van der Waals surface area contributed by atoms with Crippen molar-refractivity contribution in [3.8, 4) is 0 Å². The van der Waals surface area contributed by atoms with Crippen LogP contribution in [0, 0.1) is 0 Å². The molecule has 0 unspecified atom stereocenters. The normalized spacial score (nSPS) is 9.60. The molecule has 0 aromatic rings. The summed E-state index contributed by atoms with van der Waals surface area (Å²) in [5.74, 6) is 0. The second-order valence-corrected chi connectivity index (χ2v) is 17.1. The Kier molecular flexibility index (Phi) is 26.5. The van der Waals surface area contributed by atoms with Crippen molar-refractivity contribution < 1.29 is 60.0 Å². The van der Waals surface area contributed by atoms with E-state index in [1.54, 1.807) is 0 Å². The third-order valence-corrected chi connectivity index (χ3v) is 0.870. The van der Waals surface area contributed by atoms with Gasteiger partial charge in [-0.25, -0.2) is 4.57 Å². The van der Waals surface area contributed by atoms with Gasteiger partial charge in [0.15, 0.2) is 0 Å². The summed E-state index contributed by atoms with van der Waals surface area (Å²) in [4.78, 5) is 15.9. The number of aliphatic hydroxyl groups excluding tert-OH is 1. The van der Waals surface area contributed by atoms with Gasteiger partial charge in [0, 0.05) is 0 Å². The van der Waals surface area contributed by atoms with Crippen molar-refractivity contribution in [1.29, 1.82) is 0 Å². The SMILES string of the molecule is O=P(O)(O)OCCO.[Cl][Ni][Cl].[Cl][Y]([Cl])[Cl]. The van der Waals surface area contributed by atoms with Crippen LogP contribution in [-0.2, 0) is 45.1 Å². The molecule has 98 valence electrons. The number of aliphatic hydroxyl groups is 1. The topological polar surface area (TPSA) is 87.0 Å². The Bertz CT molecular complexity index is 156. The fourth-order valence-corrected chi connectivity index (χ4v) is 0.479. The molecule has 13 heteroatoms. The summed E-state index contributed by atoms with van der Waals surface area (Å²) < 4.78 is 13.5. The quantitative estimate of drug-likeness (QED) is 0.439. The first-order valence-corrected chi connectivity index (χ1v) is 18.0. The van der Waals surface area contributed by atoms with Gasteiger partial charge in [-0.1, -0.05) is 0 Å². The molecule has 0 radical (unpaired) electrons. The maximum atomic E-state index is 9.75. The predicted molar refractivity (Wildman–Crippen MR) is 54.3 cm³/mol. The van der Waals surface area contributed by atoms with Crippen molar-refractivity contribution >= 4 is 50.2 Å². The fourth-order valence-electron chi connectivity index (χ4n) is 0.160. The molecule has 0 rings (SSSR count). The van der Waals surface area contributed by atoms with Crippen LogP contribution < -0.4 is 0 Å². The Morgan fingerprint density at radius 1 is 1.27 bits per heavy atom. The Morgan fingerprint density at radius 3 is 1.60 bits per heavy atom. The minimum atomic E-state index is -4.34. The summed E-state index contributed by atoms with van der Waals surface area (Å²) in [6.45, 7) is -0.713. The molecule has 0 bridgehead atoms. The van der Waals surface area contributed by atoms with Crippen LogP contribution in [0.2, 0.25) is 0 Å². The van der Waals surface area contributed by atoms with Crippen molar-refractivity contribution in [1.82, 2.24) is 0 Å². The maximum absolute atomic E-state index is 9.75. The number of rotatable bonds is 3. The summed E-state index contributed by atoms with van der Waals surface area (Å²) in [7, 11) is 20.1. The zero-order valence-electron chi connectivity index (χ0n) is 6.80. The molecule has 0 amide bonds. The average Bonchev–Trinajstić information content (AvgIpc) is 2.00. The van der Waals surface area contributed by atoms with E-state index in [0.29, 0.717) is 12.7 Å². The van der Waals surface area contributed by atoms with Gasteiger partial charge >= 0.3 is 86.2 Å². The van der Waals surface area contributed by atoms with Crippen LogP contribution in [0.25, 0.3) is 0 Å². The van der Waals surface area contributed by atoms with Crippen molar-refractivity contribution in [2.24, 2.45) is 0 Å². The third kappa shape index (κ3) is 59.4. The second kappa shape index (κ2) is 17.1. The van der Waals surface area contributed by atoms with E-state index in [1.165, 1.54) is 0 Å². The first kappa shape index (κ1) is 23.2. The number of phosphoric ester groups is 1. The first-order chi connectivity index (χ1) is 6.71. The molecule has 0 saturated carbocycles. The van der Waals surface area contributed by atoms with Gasteiger partial charge in [-0.05, 0) is 0 Å². The molecule has 15 heavy (non-hydrogen) atoms. The van der Waals surface area contributed by atoms with Gasteiger partial charge in [0.2, 0.25) is 0 Å². The molecule has 0 aromatic carbocycles. The first-order valence-electron chi connectivity index (χ1n) is 2.76. The monoisotopic (exact) mass is 464 g/mol. The van der Waals surface area contributed by atoms with Gasteiger partial charge in [-0.2, -0.15) is 0 Å². The Balaban J connectivity index is -0.000000173. The zero-order chi connectivity index (χ0) is 12.9. The van der Waals surface area contributed by atoms with Crippen LogP contribution in [-0.4, -0.2) is 28.1 Å². The standard InChI is InChI=1S/C2H7O5P.5ClH.Ni.Y/c3-1-2-7-8(4,5)6;;;;;;;/h3H,1-2H2,(H2,4,5,6);5*1H;;/q;;;;;;+2;+3/p-5. The van der Waals surface area contributed by atoms with E-state index >= 15 is 0 Å². The molecular formula is C2H7Cl5NiO5PY. The average molecular weight is 467 g/mol. The van der Waals surface area contributed by atoms with Gasteiger partial charge in [0.05, 0.1) is 13.2 Å². The van der Waals surface area contributed by atoms with Crippen LogP contribution >= 0.6 is 50.2 Å². The van der Waals surface area contributed by atoms with E-state index in [1.807, 2.05) is 0 Å². The fraction of sp³-hybridized carbons (Fsp3) is 1.00. The molecule has 3 N–H and O–H groups in total. The molecule has 0 aliphatic rings. The number of hydrogen-bond donors (Lipinski definition) is 3. The van der Waals surface area contributed by atoms with E-state index in [4.69, 9.17) is 57.3 Å². The van der Waals surface area contributed by atoms with Gasteiger partial charge in [-0.15, -0.1) is 0 Å². The molecule has 0 saturated heterocycles. The van der Waals surface area contributed by atoms with Crippen LogP contribution in [0.5, 0.6) is 0 Å². The molecule has 0 spiro atoms. The van der Waals surface area contributed by atoms with Crippen LogP contribution in [0.4, 0.5) is 0 Å². The molecule has 0 aliphatic heterocycles. The van der Waals surface area contributed by atoms with Gasteiger partial charge < -0.3 is 14.9 Å². The predicted octanol–water partition coefficient (Wildman–Crippen LogP) is 2.53. The van der Waals surface area contributed by atoms with Crippen LogP contribution in [0.1, 0.15) is 0 Å². The van der Waals surface area contributed by atoms with Crippen molar-refractivity contribution in [2.45, 2.75) is 0 Å². The van der Waals surface area contributed by atoms with Crippen molar-refractivity contribution in [3.63, 3.8) is 0 Å². The summed E-state index contributed by atoms with van der Waals surface area (Å²) in [5, 5.41) is 7.96. The zero-order valence-corrected chi connectivity index (χ0v) is 15.3. The van der Waals surface area contributed by atoms with E-state index in [-0.39, 0.29) is 13.2 Å². The number of phosphoric acid groups is 1. The Morgan fingerprint density at radius 2 is 1.53 bits per heavy atom. The Hall–Kier alpha value is 3.12. The summed E-state index contributed by atoms with van der Waals surface area (Å²) >= 11 is -1.65. The molecule has 0 heterocycles. The van der Waals surface area contributed by atoms with Crippen molar-refractivity contribution in [3.05, 3.63) is 0 Å². The summed E-state index contributed by atoms with van der Waals surface area (Å²) in [6.07, 6.45) is 0. The van der Waals surface area contributed by atoms with Crippen molar-refractivity contribution in [2.75, 3.05) is 13.2 Å². The van der Waals surface area contributed by atoms with E-state index in [9.17, 15) is 4.57 Å². The molecule has 0 atom stereocenters. The third-order valence-electron chi connectivity index (χ3n) is 0.351. The van der Waals surface area contributed by atoms with E-state index in [2.05, 4.69) is 4.52 Å². The summed E-state index contributed by atoms with van der Waals surface area (Å²) in [5.41, 5.74) is 0. The molecular weight excluding hydrogens is 460 g/mol. The Labute approximate surface area is 121 Å². The minimum absolute atomic E-state index is 0.329. The number of halogens is 5. The van der Waals surface area contributed by atoms with Gasteiger partial charge in [0.25, 0.3) is 0 Å². The van der Waals surface area contributed by atoms with E-state index < -0.39 is 31.2 Å². The number of hydrogen-bond acceptors (Lipinski definition) is 3. The van der Waals surface area contributed by atoms with E-state index in [0.717, 1.165) is 0 Å². The van der Waals surface area contributed by atoms with Gasteiger partial charge in [-0.3, -0.25) is 4.52 Å². The second-order valence-electron chi connectivity index (χ2n) is 1.34. The van der Waals surface area contributed by atoms with Crippen LogP contribution in [0.15, 0.2) is 0 Å². The molecule has 0 aromatic heterocycles. The molecule has 5 nitrogen and oxygen atoms in total. The van der Waals surface area contributed by atoms with Crippen LogP contribution in [0.3, 0.4) is 0 Å². The molecule has 0 fully saturated rings. The molecule has 0 aliphatic carbocycles. The van der Waals surface area contributed by atoms with Gasteiger partial charge in [0.1, 0.15) is 0 Å². The summed E-state index contributed by atoms with van der Waals surface area (Å²) in [6, 6.07) is 0.